The number of fused-ring (bicyclic) bond motifs is 1. The summed E-state index contributed by atoms with van der Waals surface area (Å²) in [6.07, 6.45) is -0.787. The van der Waals surface area contributed by atoms with Crippen LogP contribution in [0.2, 0.25) is 0 Å². The van der Waals surface area contributed by atoms with Crippen LogP contribution in [0.25, 0.3) is 0 Å². The molecule has 0 bridgehead atoms. The smallest absolute Gasteiger partial charge is 0.268 e. The maximum atomic E-state index is 12.4. The van der Waals surface area contributed by atoms with Gasteiger partial charge in [-0.2, -0.15) is 0 Å². The van der Waals surface area contributed by atoms with Gasteiger partial charge in [-0.15, -0.1) is 0 Å². The van der Waals surface area contributed by atoms with Gasteiger partial charge in [0.2, 0.25) is 5.91 Å². The molecule has 1 atom stereocenters. The Labute approximate surface area is 141 Å². The summed E-state index contributed by atoms with van der Waals surface area (Å²) in [6, 6.07) is 15.2. The molecule has 0 saturated carbocycles. The molecule has 1 aliphatic rings. The predicted molar refractivity (Wildman–Crippen MR) is 91.9 cm³/mol. The average molecular weight is 324 g/mol. The van der Waals surface area contributed by atoms with Gasteiger partial charge in [0.15, 0.2) is 6.10 Å². The highest BCUT2D eigenvalue weighted by molar-refractivity contribution is 6.01. The van der Waals surface area contributed by atoms with Crippen molar-refractivity contribution in [3.63, 3.8) is 0 Å². The molecule has 1 unspecified atom stereocenters. The van der Waals surface area contributed by atoms with Gasteiger partial charge in [0.25, 0.3) is 5.91 Å². The van der Waals surface area contributed by atoms with Gasteiger partial charge >= 0.3 is 0 Å². The minimum atomic E-state index is -0.790. The zero-order valence-corrected chi connectivity index (χ0v) is 13.8. The highest BCUT2D eigenvalue weighted by atomic mass is 16.5. The molecular formula is C19H20N2O3. The molecule has 1 N–H and O–H groups in total. The Morgan fingerprint density at radius 3 is 2.67 bits per heavy atom. The van der Waals surface area contributed by atoms with Crippen molar-refractivity contribution in [2.24, 2.45) is 0 Å². The van der Waals surface area contributed by atoms with E-state index in [2.05, 4.69) is 5.32 Å². The number of carbonyl (C=O) groups is 2. The molecule has 0 aliphatic carbocycles. The van der Waals surface area contributed by atoms with Crippen LogP contribution >= 0.6 is 0 Å². The van der Waals surface area contributed by atoms with Gasteiger partial charge in [0, 0.05) is 13.6 Å². The van der Waals surface area contributed by atoms with Gasteiger partial charge in [-0.25, -0.2) is 0 Å². The number of aryl methyl sites for hydroxylation is 1. The van der Waals surface area contributed by atoms with Gasteiger partial charge in [-0.1, -0.05) is 36.4 Å². The zero-order chi connectivity index (χ0) is 17.1. The Balaban J connectivity index is 1.63. The summed E-state index contributed by atoms with van der Waals surface area (Å²) in [4.78, 5) is 26.1. The van der Waals surface area contributed by atoms with Crippen LogP contribution in [0.4, 0.5) is 5.69 Å². The Bertz CT molecular complexity index is 773. The summed E-state index contributed by atoms with van der Waals surface area (Å²) < 4.78 is 5.71. The Morgan fingerprint density at radius 1 is 1.17 bits per heavy atom. The maximum Gasteiger partial charge on any atom is 0.268 e. The van der Waals surface area contributed by atoms with E-state index in [1.54, 1.807) is 13.1 Å². The molecule has 24 heavy (non-hydrogen) atoms. The fourth-order valence-corrected chi connectivity index (χ4v) is 2.74. The normalized spacial score (nSPS) is 16.3. The largest absolute Gasteiger partial charge is 0.478 e. The van der Waals surface area contributed by atoms with E-state index >= 15 is 0 Å². The first-order valence-electron chi connectivity index (χ1n) is 7.90. The summed E-state index contributed by atoms with van der Waals surface area (Å²) in [5.74, 6) is 0.209. The first-order valence-corrected chi connectivity index (χ1v) is 7.90. The number of ether oxygens (including phenoxy) is 1. The minimum Gasteiger partial charge on any atom is -0.478 e. The zero-order valence-electron chi connectivity index (χ0n) is 13.8. The number of anilines is 1. The van der Waals surface area contributed by atoms with Crippen molar-refractivity contribution in [1.29, 1.82) is 0 Å². The van der Waals surface area contributed by atoms with Crippen LogP contribution in [0.5, 0.6) is 5.75 Å². The molecule has 5 heteroatoms. The first kappa shape index (κ1) is 16.1. The van der Waals surface area contributed by atoms with Gasteiger partial charge < -0.3 is 15.0 Å². The van der Waals surface area contributed by atoms with Crippen LogP contribution < -0.4 is 15.0 Å². The fraction of sp³-hybridized carbons (Fsp3) is 0.263. The van der Waals surface area contributed by atoms with Crippen molar-refractivity contribution in [1.82, 2.24) is 5.32 Å². The number of rotatable bonds is 4. The van der Waals surface area contributed by atoms with Crippen molar-refractivity contribution >= 4 is 17.5 Å². The van der Waals surface area contributed by atoms with Gasteiger partial charge in [-0.3, -0.25) is 9.59 Å². The number of nitrogens with one attached hydrogen (secondary N) is 1. The Hall–Kier alpha value is -2.82. The number of amides is 2. The SMILES string of the molecule is Cc1ccccc1CNC(=O)CC1Oc2ccccc2N(C)C1=O. The van der Waals surface area contributed by atoms with E-state index < -0.39 is 6.10 Å². The molecule has 2 aromatic carbocycles. The summed E-state index contributed by atoms with van der Waals surface area (Å²) in [5, 5.41) is 2.86. The summed E-state index contributed by atoms with van der Waals surface area (Å²) in [5.41, 5.74) is 2.90. The second kappa shape index (κ2) is 6.74. The third-order valence-electron chi connectivity index (χ3n) is 4.21. The lowest BCUT2D eigenvalue weighted by atomic mass is 10.1. The third-order valence-corrected chi connectivity index (χ3v) is 4.21. The molecule has 124 valence electrons. The molecule has 0 fully saturated rings. The topological polar surface area (TPSA) is 58.6 Å². The molecule has 3 rings (SSSR count). The van der Waals surface area contributed by atoms with Gasteiger partial charge in [0.1, 0.15) is 5.75 Å². The van der Waals surface area contributed by atoms with Gasteiger partial charge in [0.05, 0.1) is 12.1 Å². The van der Waals surface area contributed by atoms with Crippen LogP contribution in [-0.2, 0) is 16.1 Å². The molecule has 0 spiro atoms. The first-order chi connectivity index (χ1) is 11.6. The minimum absolute atomic E-state index is 0.00336. The maximum absolute atomic E-state index is 12.4. The number of nitrogens with zero attached hydrogens (tertiary/aromatic N) is 1. The van der Waals surface area contributed by atoms with E-state index in [1.807, 2.05) is 49.4 Å². The van der Waals surface area contributed by atoms with E-state index in [1.165, 1.54) is 4.90 Å². The van der Waals surface area contributed by atoms with Crippen molar-refractivity contribution in [3.05, 3.63) is 59.7 Å². The molecule has 0 saturated heterocycles. The molecule has 0 radical (unpaired) electrons. The number of para-hydroxylation sites is 2. The lowest BCUT2D eigenvalue weighted by molar-refractivity contribution is -0.132. The molecule has 0 aromatic heterocycles. The summed E-state index contributed by atoms with van der Waals surface area (Å²) in [6.45, 7) is 2.44. The third kappa shape index (κ3) is 3.25. The van der Waals surface area contributed by atoms with E-state index in [4.69, 9.17) is 4.74 Å². The highest BCUT2D eigenvalue weighted by Crippen LogP contribution is 2.33. The van der Waals surface area contributed by atoms with Crippen LogP contribution in [-0.4, -0.2) is 25.0 Å². The van der Waals surface area contributed by atoms with Crippen LogP contribution in [0.1, 0.15) is 17.5 Å². The van der Waals surface area contributed by atoms with Crippen LogP contribution in [0.3, 0.4) is 0 Å². The summed E-state index contributed by atoms with van der Waals surface area (Å²) in [7, 11) is 1.70. The summed E-state index contributed by atoms with van der Waals surface area (Å²) >= 11 is 0. The van der Waals surface area contributed by atoms with E-state index in [9.17, 15) is 9.59 Å². The predicted octanol–water partition coefficient (Wildman–Crippen LogP) is 2.43. The second-order valence-electron chi connectivity index (χ2n) is 5.88. The monoisotopic (exact) mass is 324 g/mol. The molecule has 2 amide bonds. The number of hydrogen-bond donors (Lipinski definition) is 1. The Morgan fingerprint density at radius 2 is 1.88 bits per heavy atom. The van der Waals surface area contributed by atoms with Crippen LogP contribution in [0.15, 0.2) is 48.5 Å². The standard InChI is InChI=1S/C19H20N2O3/c1-13-7-3-4-8-14(13)12-20-18(22)11-17-19(23)21(2)15-9-5-6-10-16(15)24-17/h3-10,17H,11-12H2,1-2H3,(H,20,22). The second-order valence-corrected chi connectivity index (χ2v) is 5.88. The molecule has 1 heterocycles. The van der Waals surface area contributed by atoms with Crippen LogP contribution in [0, 0.1) is 6.92 Å². The fourth-order valence-electron chi connectivity index (χ4n) is 2.74. The lowest BCUT2D eigenvalue weighted by Gasteiger charge is -2.31. The highest BCUT2D eigenvalue weighted by Gasteiger charge is 2.33. The average Bonchev–Trinajstić information content (AvgIpc) is 2.59. The lowest BCUT2D eigenvalue weighted by Crippen LogP contribution is -2.46. The van der Waals surface area contributed by atoms with E-state index in [0.29, 0.717) is 12.3 Å². The van der Waals surface area contributed by atoms with E-state index in [0.717, 1.165) is 16.8 Å². The molecule has 1 aliphatic heterocycles. The van der Waals surface area contributed by atoms with Crippen molar-refractivity contribution < 1.29 is 14.3 Å². The van der Waals surface area contributed by atoms with Crippen molar-refractivity contribution in [2.45, 2.75) is 26.0 Å². The van der Waals surface area contributed by atoms with Crippen molar-refractivity contribution in [3.8, 4) is 5.75 Å². The quantitative estimate of drug-likeness (QED) is 0.940. The molecule has 2 aromatic rings. The Kier molecular flexibility index (Phi) is 4.51. The number of likely N-dealkylation sites (N-methyl/N-ethyl adjacent to an activating group) is 1. The number of benzene rings is 2. The molecular weight excluding hydrogens is 304 g/mol. The van der Waals surface area contributed by atoms with E-state index in [-0.39, 0.29) is 18.2 Å². The number of carbonyl (C=O) groups excluding carboxylic acids is 2. The molecule has 5 nitrogen and oxygen atoms in total. The number of hydrogen-bond acceptors (Lipinski definition) is 3. The van der Waals surface area contributed by atoms with Gasteiger partial charge in [-0.05, 0) is 30.2 Å². The van der Waals surface area contributed by atoms with Crippen molar-refractivity contribution in [2.75, 3.05) is 11.9 Å².